The summed E-state index contributed by atoms with van der Waals surface area (Å²) in [5.41, 5.74) is 2.62. The van der Waals surface area contributed by atoms with E-state index in [1.54, 1.807) is 0 Å². The zero-order valence-corrected chi connectivity index (χ0v) is 13.6. The van der Waals surface area contributed by atoms with Crippen molar-refractivity contribution in [2.75, 3.05) is 13.1 Å². The van der Waals surface area contributed by atoms with Crippen LogP contribution in [0.5, 0.6) is 5.75 Å². The fraction of sp³-hybridized carbons (Fsp3) is 0.333. The summed E-state index contributed by atoms with van der Waals surface area (Å²) in [4.78, 5) is 0. The van der Waals surface area contributed by atoms with Crippen LogP contribution in [0.3, 0.4) is 0 Å². The molecule has 0 radical (unpaired) electrons. The van der Waals surface area contributed by atoms with E-state index in [1.807, 2.05) is 0 Å². The minimum atomic E-state index is 0.287. The molecule has 2 aromatic carbocycles. The average Bonchev–Trinajstić information content (AvgIpc) is 2.52. The Labute approximate surface area is 134 Å². The molecule has 0 aromatic heterocycles. The maximum atomic E-state index is 6.08. The molecule has 0 amide bonds. The number of hydrogen-bond acceptors (Lipinski definition) is 2. The molecular formula is C18H20BrNO. The molecular weight excluding hydrogens is 326 g/mol. The first kappa shape index (κ1) is 14.6. The summed E-state index contributed by atoms with van der Waals surface area (Å²) in [7, 11) is 0. The molecule has 1 saturated heterocycles. The smallest absolute Gasteiger partial charge is 0.133 e. The van der Waals surface area contributed by atoms with E-state index in [9.17, 15) is 0 Å². The van der Waals surface area contributed by atoms with E-state index in [0.717, 1.165) is 36.2 Å². The van der Waals surface area contributed by atoms with Gasteiger partial charge in [-0.3, -0.25) is 0 Å². The highest BCUT2D eigenvalue weighted by Crippen LogP contribution is 2.28. The largest absolute Gasteiger partial charge is 0.488 e. The molecule has 1 atom stereocenters. The fourth-order valence-corrected chi connectivity index (χ4v) is 3.20. The first-order valence-corrected chi connectivity index (χ1v) is 8.30. The highest BCUT2D eigenvalue weighted by Gasteiger charge is 2.15. The van der Waals surface area contributed by atoms with Gasteiger partial charge in [-0.1, -0.05) is 36.4 Å². The zero-order chi connectivity index (χ0) is 14.5. The van der Waals surface area contributed by atoms with Crippen molar-refractivity contribution < 1.29 is 4.74 Å². The van der Waals surface area contributed by atoms with Crippen molar-refractivity contribution in [2.24, 2.45) is 0 Å². The van der Waals surface area contributed by atoms with Gasteiger partial charge in [0.1, 0.15) is 11.9 Å². The second kappa shape index (κ2) is 7.10. The van der Waals surface area contributed by atoms with E-state index >= 15 is 0 Å². The lowest BCUT2D eigenvalue weighted by Crippen LogP contribution is -2.37. The van der Waals surface area contributed by atoms with Gasteiger partial charge in [0.15, 0.2) is 0 Å². The molecule has 21 heavy (non-hydrogen) atoms. The minimum absolute atomic E-state index is 0.287. The number of piperidine rings is 1. The Balaban J connectivity index is 1.67. The van der Waals surface area contributed by atoms with Gasteiger partial charge in [0, 0.05) is 6.54 Å². The van der Waals surface area contributed by atoms with Crippen molar-refractivity contribution in [3.05, 3.63) is 64.1 Å². The SMILES string of the molecule is Brc1cc(Cc2ccccc2)ccc1O[C@H]1CCCNC1. The van der Waals surface area contributed by atoms with Crippen LogP contribution in [0.2, 0.25) is 0 Å². The van der Waals surface area contributed by atoms with E-state index in [0.29, 0.717) is 0 Å². The Kier molecular flexibility index (Phi) is 4.94. The van der Waals surface area contributed by atoms with Crippen molar-refractivity contribution in [1.82, 2.24) is 5.32 Å². The first-order valence-electron chi connectivity index (χ1n) is 7.51. The summed E-state index contributed by atoms with van der Waals surface area (Å²) in [6, 6.07) is 16.9. The molecule has 1 N–H and O–H groups in total. The summed E-state index contributed by atoms with van der Waals surface area (Å²) in [6.07, 6.45) is 3.56. The van der Waals surface area contributed by atoms with Gasteiger partial charge in [-0.25, -0.2) is 0 Å². The highest BCUT2D eigenvalue weighted by atomic mass is 79.9. The number of hydrogen-bond donors (Lipinski definition) is 1. The van der Waals surface area contributed by atoms with Gasteiger partial charge in [0.2, 0.25) is 0 Å². The number of rotatable bonds is 4. The molecule has 1 heterocycles. The Morgan fingerprint density at radius 3 is 2.67 bits per heavy atom. The molecule has 110 valence electrons. The Hall–Kier alpha value is -1.32. The fourth-order valence-electron chi connectivity index (χ4n) is 2.68. The van der Waals surface area contributed by atoms with E-state index in [-0.39, 0.29) is 6.10 Å². The predicted molar refractivity (Wildman–Crippen MR) is 89.9 cm³/mol. The predicted octanol–water partition coefficient (Wildman–Crippen LogP) is 4.17. The number of benzene rings is 2. The Morgan fingerprint density at radius 2 is 1.95 bits per heavy atom. The third kappa shape index (κ3) is 4.08. The van der Waals surface area contributed by atoms with Crippen LogP contribution in [-0.2, 0) is 6.42 Å². The van der Waals surface area contributed by atoms with E-state index < -0.39 is 0 Å². The van der Waals surface area contributed by atoms with Crippen molar-refractivity contribution in [3.8, 4) is 5.75 Å². The molecule has 1 aliphatic heterocycles. The molecule has 3 rings (SSSR count). The van der Waals surface area contributed by atoms with Crippen molar-refractivity contribution in [1.29, 1.82) is 0 Å². The second-order valence-electron chi connectivity index (χ2n) is 5.51. The van der Waals surface area contributed by atoms with Crippen molar-refractivity contribution in [2.45, 2.75) is 25.4 Å². The highest BCUT2D eigenvalue weighted by molar-refractivity contribution is 9.10. The molecule has 0 unspecified atom stereocenters. The number of nitrogens with one attached hydrogen (secondary N) is 1. The quantitative estimate of drug-likeness (QED) is 0.897. The molecule has 0 bridgehead atoms. The lowest BCUT2D eigenvalue weighted by molar-refractivity contribution is 0.166. The van der Waals surface area contributed by atoms with Crippen LogP contribution in [0.25, 0.3) is 0 Å². The average molecular weight is 346 g/mol. The molecule has 3 heteroatoms. The van der Waals surface area contributed by atoms with E-state index in [1.165, 1.54) is 17.5 Å². The van der Waals surface area contributed by atoms with Gasteiger partial charge in [0.05, 0.1) is 4.47 Å². The van der Waals surface area contributed by atoms with Crippen LogP contribution in [0, 0.1) is 0 Å². The van der Waals surface area contributed by atoms with Crippen LogP contribution in [0.1, 0.15) is 24.0 Å². The van der Waals surface area contributed by atoms with Gasteiger partial charge in [-0.2, -0.15) is 0 Å². The summed E-state index contributed by atoms with van der Waals surface area (Å²) < 4.78 is 7.12. The van der Waals surface area contributed by atoms with Gasteiger partial charge in [0.25, 0.3) is 0 Å². The Bertz CT molecular complexity index is 579. The van der Waals surface area contributed by atoms with Gasteiger partial charge < -0.3 is 10.1 Å². The lowest BCUT2D eigenvalue weighted by atomic mass is 10.1. The third-order valence-corrected chi connectivity index (χ3v) is 4.41. The minimum Gasteiger partial charge on any atom is -0.488 e. The molecule has 2 aromatic rings. The lowest BCUT2D eigenvalue weighted by Gasteiger charge is -2.24. The van der Waals surface area contributed by atoms with Gasteiger partial charge in [-0.05, 0) is 65.0 Å². The topological polar surface area (TPSA) is 21.3 Å². The molecule has 1 aliphatic rings. The standard InChI is InChI=1S/C18H20BrNO/c19-17-12-15(11-14-5-2-1-3-6-14)8-9-18(17)21-16-7-4-10-20-13-16/h1-3,5-6,8-9,12,16,20H,4,7,10-11,13H2/t16-/m0/s1. The van der Waals surface area contributed by atoms with Crippen LogP contribution in [-0.4, -0.2) is 19.2 Å². The van der Waals surface area contributed by atoms with Crippen LogP contribution in [0.15, 0.2) is 53.0 Å². The summed E-state index contributed by atoms with van der Waals surface area (Å²) >= 11 is 3.64. The summed E-state index contributed by atoms with van der Waals surface area (Å²) in [5, 5.41) is 3.38. The van der Waals surface area contributed by atoms with E-state index in [4.69, 9.17) is 4.74 Å². The Morgan fingerprint density at radius 1 is 1.10 bits per heavy atom. The second-order valence-corrected chi connectivity index (χ2v) is 6.37. The van der Waals surface area contributed by atoms with Crippen LogP contribution >= 0.6 is 15.9 Å². The monoisotopic (exact) mass is 345 g/mol. The third-order valence-electron chi connectivity index (χ3n) is 3.79. The number of halogens is 1. The zero-order valence-electron chi connectivity index (χ0n) is 12.0. The van der Waals surface area contributed by atoms with Crippen LogP contribution < -0.4 is 10.1 Å². The summed E-state index contributed by atoms with van der Waals surface area (Å²) in [5.74, 6) is 0.945. The molecule has 1 fully saturated rings. The van der Waals surface area contributed by atoms with Crippen LogP contribution in [0.4, 0.5) is 0 Å². The maximum Gasteiger partial charge on any atom is 0.133 e. The number of ether oxygens (including phenoxy) is 1. The maximum absolute atomic E-state index is 6.08. The normalized spacial score (nSPS) is 18.4. The molecule has 2 nitrogen and oxygen atoms in total. The van der Waals surface area contributed by atoms with Gasteiger partial charge in [-0.15, -0.1) is 0 Å². The van der Waals surface area contributed by atoms with E-state index in [2.05, 4.69) is 69.8 Å². The molecule has 0 aliphatic carbocycles. The molecule has 0 spiro atoms. The summed E-state index contributed by atoms with van der Waals surface area (Å²) in [6.45, 7) is 2.05. The van der Waals surface area contributed by atoms with Gasteiger partial charge >= 0.3 is 0 Å². The van der Waals surface area contributed by atoms with Crippen molar-refractivity contribution in [3.63, 3.8) is 0 Å². The molecule has 0 saturated carbocycles. The van der Waals surface area contributed by atoms with Crippen molar-refractivity contribution >= 4 is 15.9 Å². The first-order chi connectivity index (χ1) is 10.3.